The first-order chi connectivity index (χ1) is 7.18. The van der Waals surface area contributed by atoms with Crippen LogP contribution in [-0.4, -0.2) is 17.2 Å². The fourth-order valence-electron chi connectivity index (χ4n) is 1.25. The van der Waals surface area contributed by atoms with Gasteiger partial charge in [0.25, 0.3) is 0 Å². The number of hydrogen-bond donors (Lipinski definition) is 1. The largest absolute Gasteiger partial charge is 0.390 e. The topological polar surface area (TPSA) is 68.2 Å². The van der Waals surface area contributed by atoms with Crippen molar-refractivity contribution in [3.05, 3.63) is 22.4 Å². The van der Waals surface area contributed by atoms with Gasteiger partial charge in [0.2, 0.25) is 0 Å². The highest BCUT2D eigenvalue weighted by Gasteiger charge is 2.17. The van der Waals surface area contributed by atoms with Crippen LogP contribution in [0.2, 0.25) is 0 Å². The Hall–Kier alpha value is -1.56. The summed E-state index contributed by atoms with van der Waals surface area (Å²) in [5.74, 6) is 0. The van der Waals surface area contributed by atoms with Crippen molar-refractivity contribution in [2.45, 2.75) is 13.0 Å². The van der Waals surface area contributed by atoms with Gasteiger partial charge in [0, 0.05) is 11.9 Å². The molecule has 2 aromatic rings. The normalized spacial score (nSPS) is 12.7. The van der Waals surface area contributed by atoms with E-state index in [1.54, 1.807) is 11.3 Å². The van der Waals surface area contributed by atoms with Gasteiger partial charge in [0.1, 0.15) is 0 Å². The lowest BCUT2D eigenvalue weighted by Gasteiger charge is -2.21. The Bertz CT molecular complexity index is 425. The van der Waals surface area contributed by atoms with Gasteiger partial charge in [-0.25, -0.2) is 0 Å². The van der Waals surface area contributed by atoms with Crippen molar-refractivity contribution in [1.82, 2.24) is 10.2 Å². The molecule has 2 aromatic heterocycles. The molecule has 6 heteroatoms. The zero-order chi connectivity index (χ0) is 10.8. The molecule has 0 saturated heterocycles. The van der Waals surface area contributed by atoms with Gasteiger partial charge in [-0.15, -0.1) is 11.3 Å². The number of thiophene rings is 1. The zero-order valence-corrected chi connectivity index (χ0v) is 9.36. The molecule has 2 rings (SSSR count). The maximum absolute atomic E-state index is 5.37. The van der Waals surface area contributed by atoms with Crippen LogP contribution in [0.25, 0.3) is 0 Å². The number of anilines is 2. The Labute approximate surface area is 91.5 Å². The third-order valence-electron chi connectivity index (χ3n) is 2.27. The zero-order valence-electron chi connectivity index (χ0n) is 8.54. The molecule has 0 radical (unpaired) electrons. The Morgan fingerprint density at radius 3 is 2.87 bits per heavy atom. The van der Waals surface area contributed by atoms with Gasteiger partial charge in [0.05, 0.1) is 6.04 Å². The lowest BCUT2D eigenvalue weighted by atomic mass is 10.2. The Morgan fingerprint density at radius 1 is 1.53 bits per heavy atom. The van der Waals surface area contributed by atoms with Crippen molar-refractivity contribution < 1.29 is 4.42 Å². The maximum Gasteiger partial charge on any atom is 0.319 e. The quantitative estimate of drug-likeness (QED) is 0.862. The minimum atomic E-state index is 0.0928. The summed E-state index contributed by atoms with van der Waals surface area (Å²) in [6, 6.07) is 4.83. The molecule has 0 aromatic carbocycles. The van der Waals surface area contributed by atoms with Crippen LogP contribution in [0, 0.1) is 0 Å². The maximum atomic E-state index is 5.37. The molecule has 80 valence electrons. The third kappa shape index (κ3) is 1.94. The summed E-state index contributed by atoms with van der Waals surface area (Å²) in [4.78, 5) is 3.14. The van der Waals surface area contributed by atoms with E-state index in [0.29, 0.717) is 6.01 Å². The van der Waals surface area contributed by atoms with Gasteiger partial charge in [-0.3, -0.25) is 0 Å². The molecule has 1 atom stereocenters. The first-order valence-electron chi connectivity index (χ1n) is 4.53. The number of aromatic nitrogens is 2. The van der Waals surface area contributed by atoms with Crippen LogP contribution in [0.15, 0.2) is 21.9 Å². The summed E-state index contributed by atoms with van der Waals surface area (Å²) in [6.07, 6.45) is 0. The molecule has 0 aliphatic carbocycles. The highest BCUT2D eigenvalue weighted by molar-refractivity contribution is 7.10. The molecule has 0 amide bonds. The standard InChI is InChI=1S/C9H12N4OS/c1-6(7-4-3-5-15-7)13(2)9-12-11-8(10)14-9/h3-6H,1-2H3,(H2,10,11). The molecule has 15 heavy (non-hydrogen) atoms. The third-order valence-corrected chi connectivity index (χ3v) is 3.31. The fraction of sp³-hybridized carbons (Fsp3) is 0.333. The molecule has 2 N–H and O–H groups in total. The summed E-state index contributed by atoms with van der Waals surface area (Å²) in [7, 11) is 1.90. The van der Waals surface area contributed by atoms with Crippen LogP contribution in [0.3, 0.4) is 0 Å². The van der Waals surface area contributed by atoms with Gasteiger partial charge in [-0.05, 0) is 18.4 Å². The van der Waals surface area contributed by atoms with E-state index in [9.17, 15) is 0 Å². The van der Waals surface area contributed by atoms with E-state index >= 15 is 0 Å². The van der Waals surface area contributed by atoms with Crippen LogP contribution in [0.5, 0.6) is 0 Å². The summed E-state index contributed by atoms with van der Waals surface area (Å²) in [5, 5.41) is 9.50. The highest BCUT2D eigenvalue weighted by Crippen LogP contribution is 2.27. The molecular formula is C9H12N4OS. The van der Waals surface area contributed by atoms with E-state index < -0.39 is 0 Å². The predicted octanol–water partition coefficient (Wildman–Crippen LogP) is 1.91. The minimum absolute atomic E-state index is 0.0928. The molecule has 0 aliphatic rings. The summed E-state index contributed by atoms with van der Waals surface area (Å²) >= 11 is 1.70. The molecule has 5 nitrogen and oxygen atoms in total. The fourth-order valence-corrected chi connectivity index (χ4v) is 2.08. The van der Waals surface area contributed by atoms with Gasteiger partial charge >= 0.3 is 12.0 Å². The van der Waals surface area contributed by atoms with Gasteiger partial charge in [-0.1, -0.05) is 16.3 Å². The predicted molar refractivity (Wildman–Crippen MR) is 59.8 cm³/mol. The van der Waals surface area contributed by atoms with Crippen LogP contribution in [0.4, 0.5) is 12.0 Å². The second kappa shape index (κ2) is 3.90. The number of hydrogen-bond acceptors (Lipinski definition) is 6. The number of nitrogens with two attached hydrogens (primary N) is 1. The molecule has 2 heterocycles. The van der Waals surface area contributed by atoms with Crippen molar-refractivity contribution in [3.8, 4) is 0 Å². The number of rotatable bonds is 3. The molecule has 0 bridgehead atoms. The summed E-state index contributed by atoms with van der Waals surface area (Å²) in [5.41, 5.74) is 5.37. The lowest BCUT2D eigenvalue weighted by molar-refractivity contribution is 0.541. The van der Waals surface area contributed by atoms with E-state index in [1.807, 2.05) is 23.4 Å². The SMILES string of the molecule is CC(c1cccs1)N(C)c1nnc(N)o1. The Morgan fingerprint density at radius 2 is 2.33 bits per heavy atom. The average Bonchev–Trinajstić information content (AvgIpc) is 2.85. The van der Waals surface area contributed by atoms with Gasteiger partial charge in [-0.2, -0.15) is 0 Å². The summed E-state index contributed by atoms with van der Waals surface area (Å²) < 4.78 is 5.15. The summed E-state index contributed by atoms with van der Waals surface area (Å²) in [6.45, 7) is 2.08. The molecular weight excluding hydrogens is 212 g/mol. The highest BCUT2D eigenvalue weighted by atomic mass is 32.1. The lowest BCUT2D eigenvalue weighted by Crippen LogP contribution is -2.21. The first-order valence-corrected chi connectivity index (χ1v) is 5.41. The van der Waals surface area contributed by atoms with E-state index in [0.717, 1.165) is 0 Å². The average molecular weight is 224 g/mol. The second-order valence-electron chi connectivity index (χ2n) is 3.23. The van der Waals surface area contributed by atoms with E-state index in [-0.39, 0.29) is 12.1 Å². The number of nitrogens with zero attached hydrogens (tertiary/aromatic N) is 3. The molecule has 0 aliphatic heterocycles. The van der Waals surface area contributed by atoms with Crippen molar-refractivity contribution in [3.63, 3.8) is 0 Å². The monoisotopic (exact) mass is 224 g/mol. The first kappa shape index (κ1) is 9.97. The smallest absolute Gasteiger partial charge is 0.319 e. The molecule has 0 spiro atoms. The molecule has 0 fully saturated rings. The number of nitrogen functional groups attached to an aromatic ring is 1. The minimum Gasteiger partial charge on any atom is -0.390 e. The molecule has 1 unspecified atom stereocenters. The van der Waals surface area contributed by atoms with Crippen LogP contribution >= 0.6 is 11.3 Å². The second-order valence-corrected chi connectivity index (χ2v) is 4.20. The van der Waals surface area contributed by atoms with Crippen LogP contribution < -0.4 is 10.6 Å². The van der Waals surface area contributed by atoms with E-state index in [2.05, 4.69) is 23.2 Å². The van der Waals surface area contributed by atoms with E-state index in [4.69, 9.17) is 10.2 Å². The van der Waals surface area contributed by atoms with E-state index in [1.165, 1.54) is 4.88 Å². The van der Waals surface area contributed by atoms with Crippen LogP contribution in [0.1, 0.15) is 17.8 Å². The van der Waals surface area contributed by atoms with Crippen molar-refractivity contribution in [2.75, 3.05) is 17.7 Å². The Kier molecular flexibility index (Phi) is 2.59. The Balaban J connectivity index is 2.18. The van der Waals surface area contributed by atoms with Crippen molar-refractivity contribution in [1.29, 1.82) is 0 Å². The molecule has 0 saturated carbocycles. The van der Waals surface area contributed by atoms with Crippen molar-refractivity contribution in [2.24, 2.45) is 0 Å². The van der Waals surface area contributed by atoms with Crippen molar-refractivity contribution >= 4 is 23.4 Å². The van der Waals surface area contributed by atoms with Gasteiger partial charge < -0.3 is 15.1 Å². The van der Waals surface area contributed by atoms with Crippen LogP contribution in [-0.2, 0) is 0 Å². The van der Waals surface area contributed by atoms with Gasteiger partial charge in [0.15, 0.2) is 0 Å².